The molecule has 0 saturated heterocycles. The second kappa shape index (κ2) is 5.15. The van der Waals surface area contributed by atoms with Gasteiger partial charge in [-0.2, -0.15) is 0 Å². The van der Waals surface area contributed by atoms with E-state index < -0.39 is 0 Å². The molecule has 3 aromatic heterocycles. The molecule has 0 aromatic carbocycles. The molecule has 3 aromatic rings. The van der Waals surface area contributed by atoms with E-state index in [9.17, 15) is 4.79 Å². The van der Waals surface area contributed by atoms with Crippen LogP contribution < -0.4 is 5.56 Å². The number of nitrogens with one attached hydrogen (secondary N) is 1. The predicted octanol–water partition coefficient (Wildman–Crippen LogP) is 3.50. The molecule has 108 valence electrons. The van der Waals surface area contributed by atoms with E-state index in [4.69, 9.17) is 12.2 Å². The van der Waals surface area contributed by atoms with Crippen LogP contribution in [0.2, 0.25) is 0 Å². The first-order chi connectivity index (χ1) is 10.2. The molecule has 7 heteroatoms. The van der Waals surface area contributed by atoms with E-state index in [1.165, 1.54) is 34.6 Å². The zero-order chi connectivity index (χ0) is 14.4. The molecule has 1 aliphatic rings. The van der Waals surface area contributed by atoms with Crippen molar-refractivity contribution in [3.8, 4) is 0 Å². The number of thiazole rings is 1. The van der Waals surface area contributed by atoms with Crippen LogP contribution in [-0.4, -0.2) is 14.5 Å². The maximum Gasteiger partial charge on any atom is 0.263 e. The molecule has 0 saturated carbocycles. The van der Waals surface area contributed by atoms with Crippen molar-refractivity contribution in [3.05, 3.63) is 42.1 Å². The smallest absolute Gasteiger partial charge is 0.263 e. The van der Waals surface area contributed by atoms with Crippen LogP contribution in [0.4, 0.5) is 0 Å². The van der Waals surface area contributed by atoms with Crippen molar-refractivity contribution in [2.45, 2.75) is 32.2 Å². The summed E-state index contributed by atoms with van der Waals surface area (Å²) in [6, 6.07) is 0. The van der Waals surface area contributed by atoms with Crippen molar-refractivity contribution >= 4 is 45.1 Å². The van der Waals surface area contributed by atoms with Crippen molar-refractivity contribution in [2.75, 3.05) is 0 Å². The van der Waals surface area contributed by atoms with Gasteiger partial charge in [0.15, 0.2) is 4.77 Å². The van der Waals surface area contributed by atoms with Gasteiger partial charge in [0, 0.05) is 10.3 Å². The Morgan fingerprint density at radius 3 is 3.05 bits per heavy atom. The normalized spacial score (nSPS) is 14.5. The predicted molar refractivity (Wildman–Crippen MR) is 89.1 cm³/mol. The number of nitrogens with zero attached hydrogens (tertiary/aromatic N) is 2. The minimum Gasteiger partial charge on any atom is -0.323 e. The lowest BCUT2D eigenvalue weighted by Crippen LogP contribution is -2.23. The summed E-state index contributed by atoms with van der Waals surface area (Å²) in [6.07, 6.45) is 4.47. The second-order valence-electron chi connectivity index (χ2n) is 5.22. The molecular formula is C14H13N3OS3. The molecular weight excluding hydrogens is 322 g/mol. The van der Waals surface area contributed by atoms with Gasteiger partial charge in [0.1, 0.15) is 4.83 Å². The molecule has 4 rings (SSSR count). The molecule has 1 N–H and O–H groups in total. The first kappa shape index (κ1) is 13.4. The van der Waals surface area contributed by atoms with E-state index in [1.54, 1.807) is 21.4 Å². The molecule has 0 radical (unpaired) electrons. The fraction of sp³-hybridized carbons (Fsp3) is 0.357. The summed E-state index contributed by atoms with van der Waals surface area (Å²) in [6.45, 7) is 0.443. The Morgan fingerprint density at radius 1 is 1.38 bits per heavy atom. The third-order valence-corrected chi connectivity index (χ3v) is 6.06. The zero-order valence-electron chi connectivity index (χ0n) is 11.2. The van der Waals surface area contributed by atoms with Gasteiger partial charge in [-0.15, -0.1) is 22.7 Å². The largest absolute Gasteiger partial charge is 0.323 e. The number of aromatic amines is 1. The Hall–Kier alpha value is -1.31. The standard InChI is InChI=1S/C14H13N3OS3/c18-13-11-9-3-1-2-4-10(9)21-12(11)16-14(19)17(13)5-8-6-20-7-15-8/h6-7H,1-5H2,(H,16,19). The fourth-order valence-electron chi connectivity index (χ4n) is 2.89. The van der Waals surface area contributed by atoms with Gasteiger partial charge in [0.2, 0.25) is 0 Å². The first-order valence-electron chi connectivity index (χ1n) is 6.88. The highest BCUT2D eigenvalue weighted by atomic mass is 32.1. The average molecular weight is 335 g/mol. The zero-order valence-corrected chi connectivity index (χ0v) is 13.7. The summed E-state index contributed by atoms with van der Waals surface area (Å²) in [5.74, 6) is 0. The van der Waals surface area contributed by atoms with Crippen LogP contribution in [0.25, 0.3) is 10.2 Å². The molecule has 0 spiro atoms. The number of hydrogen-bond donors (Lipinski definition) is 1. The Morgan fingerprint density at radius 2 is 2.24 bits per heavy atom. The quantitative estimate of drug-likeness (QED) is 0.729. The minimum atomic E-state index is 0.0288. The van der Waals surface area contributed by atoms with Crippen LogP contribution >= 0.6 is 34.9 Å². The van der Waals surface area contributed by atoms with Gasteiger partial charge in [-0.05, 0) is 43.5 Å². The van der Waals surface area contributed by atoms with Crippen molar-refractivity contribution < 1.29 is 0 Å². The molecule has 4 nitrogen and oxygen atoms in total. The third-order valence-electron chi connectivity index (χ3n) is 3.90. The topological polar surface area (TPSA) is 50.7 Å². The van der Waals surface area contributed by atoms with Crippen LogP contribution in [-0.2, 0) is 19.4 Å². The molecule has 0 bridgehead atoms. The van der Waals surface area contributed by atoms with Crippen LogP contribution in [0.3, 0.4) is 0 Å². The fourth-order valence-corrected chi connectivity index (χ4v) is 5.04. The molecule has 21 heavy (non-hydrogen) atoms. The number of H-pyrrole nitrogens is 1. The summed E-state index contributed by atoms with van der Waals surface area (Å²) >= 11 is 8.60. The maximum atomic E-state index is 12.9. The lowest BCUT2D eigenvalue weighted by molar-refractivity contribution is 0.695. The highest BCUT2D eigenvalue weighted by Gasteiger charge is 2.20. The third kappa shape index (κ3) is 2.20. The number of rotatable bonds is 2. The van der Waals surface area contributed by atoms with Gasteiger partial charge >= 0.3 is 0 Å². The molecule has 0 fully saturated rings. The number of aryl methyl sites for hydroxylation is 2. The van der Waals surface area contributed by atoms with Gasteiger partial charge in [-0.1, -0.05) is 0 Å². The molecule has 0 unspecified atom stereocenters. The number of thiophene rings is 1. The molecule has 0 amide bonds. The van der Waals surface area contributed by atoms with E-state index >= 15 is 0 Å². The van der Waals surface area contributed by atoms with Gasteiger partial charge in [0.05, 0.1) is 23.1 Å². The Bertz CT molecular complexity index is 917. The van der Waals surface area contributed by atoms with Crippen LogP contribution in [0, 0.1) is 4.77 Å². The second-order valence-corrected chi connectivity index (χ2v) is 7.43. The monoisotopic (exact) mass is 335 g/mol. The Balaban J connectivity index is 1.95. The highest BCUT2D eigenvalue weighted by Crippen LogP contribution is 2.33. The molecule has 3 heterocycles. The van der Waals surface area contributed by atoms with Crippen molar-refractivity contribution in [1.82, 2.24) is 14.5 Å². The van der Waals surface area contributed by atoms with E-state index in [-0.39, 0.29) is 5.56 Å². The average Bonchev–Trinajstić information content (AvgIpc) is 3.10. The van der Waals surface area contributed by atoms with Crippen molar-refractivity contribution in [3.63, 3.8) is 0 Å². The lowest BCUT2D eigenvalue weighted by atomic mass is 9.97. The van der Waals surface area contributed by atoms with E-state index in [2.05, 4.69) is 9.97 Å². The Kier molecular flexibility index (Phi) is 3.28. The number of hydrogen-bond acceptors (Lipinski definition) is 5. The minimum absolute atomic E-state index is 0.0288. The van der Waals surface area contributed by atoms with Gasteiger partial charge in [-0.3, -0.25) is 9.36 Å². The van der Waals surface area contributed by atoms with E-state index in [1.807, 2.05) is 5.38 Å². The van der Waals surface area contributed by atoms with Gasteiger partial charge in [-0.25, -0.2) is 4.98 Å². The number of fused-ring (bicyclic) bond motifs is 3. The maximum absolute atomic E-state index is 12.9. The van der Waals surface area contributed by atoms with Crippen LogP contribution in [0.15, 0.2) is 15.7 Å². The SMILES string of the molecule is O=c1c2c3c(sc2[nH]c(=S)n1Cc1cscn1)CCCC3. The van der Waals surface area contributed by atoms with E-state index in [0.29, 0.717) is 11.3 Å². The highest BCUT2D eigenvalue weighted by molar-refractivity contribution is 7.71. The lowest BCUT2D eigenvalue weighted by Gasteiger charge is -2.10. The molecule has 1 aliphatic carbocycles. The van der Waals surface area contributed by atoms with Crippen molar-refractivity contribution in [2.24, 2.45) is 0 Å². The summed E-state index contributed by atoms with van der Waals surface area (Å²) < 4.78 is 2.12. The van der Waals surface area contributed by atoms with E-state index in [0.717, 1.165) is 28.8 Å². The summed E-state index contributed by atoms with van der Waals surface area (Å²) in [4.78, 5) is 22.6. The van der Waals surface area contributed by atoms with Gasteiger partial charge < -0.3 is 4.98 Å². The van der Waals surface area contributed by atoms with Crippen LogP contribution in [0.1, 0.15) is 29.0 Å². The Labute approximate surface area is 134 Å². The summed E-state index contributed by atoms with van der Waals surface area (Å²) in [5, 5.41) is 2.80. The summed E-state index contributed by atoms with van der Waals surface area (Å²) in [5.41, 5.74) is 3.92. The van der Waals surface area contributed by atoms with Crippen molar-refractivity contribution in [1.29, 1.82) is 0 Å². The first-order valence-corrected chi connectivity index (χ1v) is 9.05. The molecule has 0 atom stereocenters. The van der Waals surface area contributed by atoms with Gasteiger partial charge in [0.25, 0.3) is 5.56 Å². The van der Waals surface area contributed by atoms with Crippen LogP contribution in [0.5, 0.6) is 0 Å². The molecule has 0 aliphatic heterocycles. The number of aromatic nitrogens is 3. The summed E-state index contributed by atoms with van der Waals surface area (Å²) in [7, 11) is 0.